The molecule has 4 heteroatoms. The van der Waals surface area contributed by atoms with Gasteiger partial charge in [-0.1, -0.05) is 6.47 Å². The van der Waals surface area contributed by atoms with Crippen molar-refractivity contribution in [2.75, 3.05) is 7.11 Å². The van der Waals surface area contributed by atoms with Crippen molar-refractivity contribution in [2.24, 2.45) is 0 Å². The van der Waals surface area contributed by atoms with Crippen molar-refractivity contribution in [1.29, 1.82) is 0 Å². The zero-order valence-electron chi connectivity index (χ0n) is 5.14. The molecule has 0 saturated carbocycles. The molecule has 0 saturated heterocycles. The third-order valence-electron chi connectivity index (χ3n) is 0.0833. The summed E-state index contributed by atoms with van der Waals surface area (Å²) in [4.78, 5) is 8.83. The van der Waals surface area contributed by atoms with Crippen molar-refractivity contribution in [3.8, 4) is 0 Å². The van der Waals surface area contributed by atoms with Crippen LogP contribution in [0.25, 0.3) is 0 Å². The van der Waals surface area contributed by atoms with Crippen LogP contribution in [0.15, 0.2) is 0 Å². The molecule has 0 aliphatic carbocycles. The van der Waals surface area contributed by atoms with Gasteiger partial charge < -0.3 is 16.5 Å². The monoisotopic (exact) mass is 280 g/mol. The molecule has 0 spiro atoms. The van der Waals surface area contributed by atoms with Gasteiger partial charge in [0.15, 0.2) is 0 Å². The molecule has 8 heavy (non-hydrogen) atoms. The van der Waals surface area contributed by atoms with E-state index in [9.17, 15) is 0 Å². The molecular weight excluding hydrogens is 272 g/mol. The maximum atomic E-state index is 8.83. The Morgan fingerprint density at radius 3 is 1.62 bits per heavy atom. The molecule has 0 aromatic carbocycles. The van der Waals surface area contributed by atoms with Crippen molar-refractivity contribution in [2.45, 2.75) is 6.92 Å². The van der Waals surface area contributed by atoms with Gasteiger partial charge in [-0.3, -0.25) is 0 Å². The largest absolute Gasteiger partial charge is 2.00 e. The Morgan fingerprint density at radius 2 is 1.62 bits per heavy atom. The van der Waals surface area contributed by atoms with Crippen LogP contribution in [-0.2, 0) is 29.0 Å². The van der Waals surface area contributed by atoms with Crippen LogP contribution in [0, 0.1) is 6.92 Å². The van der Waals surface area contributed by atoms with E-state index in [1.54, 1.807) is 6.92 Å². The van der Waals surface area contributed by atoms with Gasteiger partial charge in [0.05, 0.1) is 0 Å². The predicted molar refractivity (Wildman–Crippen MR) is 39.1 cm³/mol. The van der Waals surface area contributed by atoms with Crippen molar-refractivity contribution in [3.63, 3.8) is 0 Å². The first-order valence-corrected chi connectivity index (χ1v) is 1.52. The molecule has 46 valence electrons. The standard InChI is InChI=1S/C2H3O2.C2H5.HI.Zn/c1-4-2-3;1-2;;/h1H3;1H2,2H3;1H;/q2*-1;;+2. The Labute approximate surface area is 80.1 Å². The molecule has 0 atom stereocenters. The number of ether oxygens (including phenoxy) is 1. The minimum absolute atomic E-state index is 0. The summed E-state index contributed by atoms with van der Waals surface area (Å²) in [6.45, 7) is 6.18. The van der Waals surface area contributed by atoms with E-state index < -0.39 is 0 Å². The fourth-order valence-corrected chi connectivity index (χ4v) is 0. The Balaban J connectivity index is -0.0000000183. The van der Waals surface area contributed by atoms with Crippen LogP contribution in [0.1, 0.15) is 6.92 Å². The van der Waals surface area contributed by atoms with Gasteiger partial charge in [0, 0.05) is 7.11 Å². The second-order valence-corrected chi connectivity index (χ2v) is 0.287. The number of rotatable bonds is 1. The summed E-state index contributed by atoms with van der Waals surface area (Å²) in [6, 6.07) is 0. The predicted octanol–water partition coefficient (Wildman–Crippen LogP) is 1.16. The zero-order valence-corrected chi connectivity index (χ0v) is 10.4. The number of carbonyl (C=O) groups excluding carboxylic acids is 1. The first-order valence-electron chi connectivity index (χ1n) is 1.52. The molecule has 0 amide bonds. The number of hydrogen-bond acceptors (Lipinski definition) is 2. The summed E-state index contributed by atoms with van der Waals surface area (Å²) in [5.41, 5.74) is 0. The summed E-state index contributed by atoms with van der Waals surface area (Å²) >= 11 is 0. The Morgan fingerprint density at radius 1 is 1.50 bits per heavy atom. The normalized spacial score (nSPS) is 3.38. The number of methoxy groups -OCH3 is 1. The fraction of sp³-hybridized carbons (Fsp3) is 0.500. The van der Waals surface area contributed by atoms with Crippen LogP contribution in [0.2, 0.25) is 0 Å². The summed E-state index contributed by atoms with van der Waals surface area (Å²) in [6.07, 6.45) is 0. The molecule has 0 radical (unpaired) electrons. The molecule has 2 nitrogen and oxygen atoms in total. The van der Waals surface area contributed by atoms with Crippen LogP contribution in [0.4, 0.5) is 0 Å². The van der Waals surface area contributed by atoms with Crippen LogP contribution in [0.5, 0.6) is 0 Å². The molecule has 0 heterocycles. The quantitative estimate of drug-likeness (QED) is 0.409. The SMILES string of the molecule is CO[C-]=O.I.[CH2-]C.[Zn+2]. The Bertz CT molecular complexity index is 28.0. The van der Waals surface area contributed by atoms with E-state index in [1.807, 2.05) is 0 Å². The van der Waals surface area contributed by atoms with Crippen molar-refractivity contribution in [3.05, 3.63) is 6.92 Å². The van der Waals surface area contributed by atoms with E-state index in [0.29, 0.717) is 0 Å². The van der Waals surface area contributed by atoms with Crippen molar-refractivity contribution < 1.29 is 29.0 Å². The molecule has 0 rings (SSSR count). The summed E-state index contributed by atoms with van der Waals surface area (Å²) in [7, 11) is 1.26. The first-order chi connectivity index (χ1) is 2.91. The third kappa shape index (κ3) is 69.6. The van der Waals surface area contributed by atoms with Crippen LogP contribution in [-0.4, -0.2) is 13.6 Å². The minimum atomic E-state index is 0. The number of halogens is 1. The average Bonchev–Trinajstić information content (AvgIpc) is 1.72. The van der Waals surface area contributed by atoms with E-state index in [-0.39, 0.29) is 43.5 Å². The fourth-order valence-electron chi connectivity index (χ4n) is 0. The second-order valence-electron chi connectivity index (χ2n) is 0.287. The van der Waals surface area contributed by atoms with Crippen LogP contribution in [0.3, 0.4) is 0 Å². The topological polar surface area (TPSA) is 26.3 Å². The molecule has 0 bridgehead atoms. The van der Waals surface area contributed by atoms with Gasteiger partial charge in [-0.15, -0.1) is 24.0 Å². The number of hydrogen-bond donors (Lipinski definition) is 0. The third-order valence-corrected chi connectivity index (χ3v) is 0.0833. The molecule has 0 aromatic heterocycles. The zero-order chi connectivity index (χ0) is 5.41. The van der Waals surface area contributed by atoms with E-state index in [2.05, 4.69) is 11.7 Å². The summed E-state index contributed by atoms with van der Waals surface area (Å²) < 4.78 is 3.74. The smallest absolute Gasteiger partial charge is 0.655 e. The molecule has 0 N–H and O–H groups in total. The van der Waals surface area contributed by atoms with Gasteiger partial charge in [0.2, 0.25) is 0 Å². The maximum Gasteiger partial charge on any atom is 2.00 e. The van der Waals surface area contributed by atoms with E-state index in [4.69, 9.17) is 4.79 Å². The van der Waals surface area contributed by atoms with Gasteiger partial charge >= 0.3 is 19.5 Å². The second kappa shape index (κ2) is 45.7. The molecule has 0 unspecified atom stereocenters. The van der Waals surface area contributed by atoms with Crippen molar-refractivity contribution in [1.82, 2.24) is 0 Å². The summed E-state index contributed by atoms with van der Waals surface area (Å²) in [5.74, 6) is 0. The molecule has 0 aliphatic heterocycles. The molecular formula is C4H9IO2Zn. The van der Waals surface area contributed by atoms with Gasteiger partial charge in [-0.25, -0.2) is 0 Å². The van der Waals surface area contributed by atoms with Crippen molar-refractivity contribution >= 4 is 30.4 Å². The Kier molecular flexibility index (Phi) is 133. The van der Waals surface area contributed by atoms with Crippen LogP contribution >= 0.6 is 24.0 Å². The van der Waals surface area contributed by atoms with E-state index in [0.717, 1.165) is 0 Å². The van der Waals surface area contributed by atoms with E-state index in [1.165, 1.54) is 13.6 Å². The maximum absolute atomic E-state index is 8.83. The average molecular weight is 281 g/mol. The van der Waals surface area contributed by atoms with Gasteiger partial charge in [0.25, 0.3) is 0 Å². The Hall–Kier alpha value is 0.823. The van der Waals surface area contributed by atoms with Crippen LogP contribution < -0.4 is 0 Å². The minimum Gasteiger partial charge on any atom is -0.655 e. The first kappa shape index (κ1) is 23.2. The van der Waals surface area contributed by atoms with E-state index >= 15 is 0 Å². The molecule has 0 aromatic rings. The van der Waals surface area contributed by atoms with Gasteiger partial charge in [0.1, 0.15) is 0 Å². The molecule has 0 aliphatic rings. The van der Waals surface area contributed by atoms with Gasteiger partial charge in [-0.05, 0) is 0 Å². The molecule has 0 fully saturated rings. The summed E-state index contributed by atoms with van der Waals surface area (Å²) in [5, 5.41) is 0. The van der Waals surface area contributed by atoms with Gasteiger partial charge in [-0.2, -0.15) is 6.92 Å².